The van der Waals surface area contributed by atoms with Crippen LogP contribution in [0.4, 0.5) is 0 Å². The minimum atomic E-state index is -0.464. The van der Waals surface area contributed by atoms with Gasteiger partial charge in [0.25, 0.3) is 11.8 Å². The summed E-state index contributed by atoms with van der Waals surface area (Å²) in [6, 6.07) is 20.9. The number of carbonyl (C=O) groups excluding carboxylic acids is 2. The molecule has 2 N–H and O–H groups in total. The summed E-state index contributed by atoms with van der Waals surface area (Å²) in [5.74, 6) is 0.300. The predicted molar refractivity (Wildman–Crippen MR) is 107 cm³/mol. The number of hydrogen-bond donors (Lipinski definition) is 2. The van der Waals surface area contributed by atoms with Crippen LogP contribution in [0.25, 0.3) is 10.8 Å². The van der Waals surface area contributed by atoms with Gasteiger partial charge in [0.05, 0.1) is 0 Å². The molecule has 0 aromatic heterocycles. The number of hydrazine groups is 1. The van der Waals surface area contributed by atoms with Gasteiger partial charge in [0.1, 0.15) is 11.5 Å². The molecule has 0 spiro atoms. The molecule has 0 heterocycles. The van der Waals surface area contributed by atoms with E-state index in [1.54, 1.807) is 12.1 Å². The summed E-state index contributed by atoms with van der Waals surface area (Å²) in [5, 5.41) is 1.95. The maximum Gasteiger partial charge on any atom is 0.276 e. The Hall–Kier alpha value is -3.54. The van der Waals surface area contributed by atoms with Crippen molar-refractivity contribution in [3.8, 4) is 11.5 Å². The van der Waals surface area contributed by atoms with Crippen LogP contribution in [0.3, 0.4) is 0 Å². The number of nitrogens with one attached hydrogen (secondary N) is 2. The molecule has 0 saturated heterocycles. The van der Waals surface area contributed by atoms with Crippen LogP contribution in [0.5, 0.6) is 11.5 Å². The lowest BCUT2D eigenvalue weighted by Crippen LogP contribution is -2.45. The Morgan fingerprint density at radius 2 is 1.50 bits per heavy atom. The van der Waals surface area contributed by atoms with Crippen molar-refractivity contribution in [2.45, 2.75) is 13.3 Å². The zero-order chi connectivity index (χ0) is 19.8. The first-order valence-electron chi connectivity index (χ1n) is 9.05. The van der Waals surface area contributed by atoms with E-state index < -0.39 is 11.8 Å². The molecule has 2 amide bonds. The first kappa shape index (κ1) is 19.2. The highest BCUT2D eigenvalue weighted by molar-refractivity contribution is 5.89. The van der Waals surface area contributed by atoms with E-state index in [4.69, 9.17) is 9.47 Å². The highest BCUT2D eigenvalue weighted by Crippen LogP contribution is 2.24. The summed E-state index contributed by atoms with van der Waals surface area (Å²) >= 11 is 0. The number of fused-ring (bicyclic) bond motifs is 1. The summed E-state index contributed by atoms with van der Waals surface area (Å²) in [6.45, 7) is 1.63. The van der Waals surface area contributed by atoms with Crippen LogP contribution in [-0.4, -0.2) is 25.0 Å². The smallest absolute Gasteiger partial charge is 0.276 e. The van der Waals surface area contributed by atoms with Crippen LogP contribution in [0.2, 0.25) is 0 Å². The van der Waals surface area contributed by atoms with Gasteiger partial charge in [-0.1, -0.05) is 55.5 Å². The van der Waals surface area contributed by atoms with Gasteiger partial charge in [0, 0.05) is 5.39 Å². The number of ether oxygens (including phenoxy) is 2. The molecule has 0 aliphatic heterocycles. The minimum Gasteiger partial charge on any atom is -0.484 e. The van der Waals surface area contributed by atoms with Gasteiger partial charge in [0.15, 0.2) is 13.2 Å². The average Bonchev–Trinajstić information content (AvgIpc) is 2.74. The Morgan fingerprint density at radius 1 is 0.821 bits per heavy atom. The molecule has 28 heavy (non-hydrogen) atoms. The molecule has 0 fully saturated rings. The first-order valence-corrected chi connectivity index (χ1v) is 9.05. The van der Waals surface area contributed by atoms with Crippen molar-refractivity contribution in [1.82, 2.24) is 10.9 Å². The van der Waals surface area contributed by atoms with E-state index in [1.807, 2.05) is 61.5 Å². The average molecular weight is 378 g/mol. The fourth-order valence-corrected chi connectivity index (χ4v) is 2.68. The third-order valence-electron chi connectivity index (χ3n) is 4.13. The topological polar surface area (TPSA) is 76.7 Å². The van der Waals surface area contributed by atoms with Gasteiger partial charge in [-0.3, -0.25) is 20.4 Å². The number of rotatable bonds is 7. The van der Waals surface area contributed by atoms with E-state index >= 15 is 0 Å². The lowest BCUT2D eigenvalue weighted by Gasteiger charge is -2.11. The molecule has 0 aliphatic carbocycles. The summed E-state index contributed by atoms with van der Waals surface area (Å²) in [6.07, 6.45) is 0.885. The molecule has 0 saturated carbocycles. The monoisotopic (exact) mass is 378 g/mol. The normalized spacial score (nSPS) is 10.3. The van der Waals surface area contributed by atoms with E-state index in [0.29, 0.717) is 11.5 Å². The zero-order valence-electron chi connectivity index (χ0n) is 15.6. The van der Waals surface area contributed by atoms with Crippen LogP contribution in [0.15, 0.2) is 66.7 Å². The number of amides is 2. The van der Waals surface area contributed by atoms with E-state index in [-0.39, 0.29) is 13.2 Å². The van der Waals surface area contributed by atoms with Gasteiger partial charge in [-0.2, -0.15) is 0 Å². The number of aryl methyl sites for hydroxylation is 1. The lowest BCUT2D eigenvalue weighted by molar-refractivity contribution is -0.130. The van der Waals surface area contributed by atoms with Crippen LogP contribution < -0.4 is 20.3 Å². The number of benzene rings is 3. The van der Waals surface area contributed by atoms with Crippen LogP contribution in [0.1, 0.15) is 12.5 Å². The maximum atomic E-state index is 11.9. The molecule has 0 radical (unpaired) electrons. The molecule has 3 rings (SSSR count). The highest BCUT2D eigenvalue weighted by atomic mass is 16.5. The van der Waals surface area contributed by atoms with Gasteiger partial charge in [-0.15, -0.1) is 0 Å². The molecule has 0 unspecified atom stereocenters. The Labute approximate surface area is 163 Å². The Bertz CT molecular complexity index is 966. The second kappa shape index (κ2) is 9.41. The Morgan fingerprint density at radius 3 is 2.29 bits per heavy atom. The molecule has 0 aliphatic rings. The van der Waals surface area contributed by atoms with Crippen LogP contribution in [0, 0.1) is 0 Å². The largest absolute Gasteiger partial charge is 0.484 e. The summed E-state index contributed by atoms with van der Waals surface area (Å²) in [7, 11) is 0. The predicted octanol–water partition coefficient (Wildman–Crippen LogP) is 3.01. The molecule has 3 aromatic carbocycles. The van der Waals surface area contributed by atoms with Gasteiger partial charge in [0.2, 0.25) is 0 Å². The second-order valence-corrected chi connectivity index (χ2v) is 6.15. The van der Waals surface area contributed by atoms with Crippen molar-refractivity contribution in [2.24, 2.45) is 0 Å². The van der Waals surface area contributed by atoms with Gasteiger partial charge in [-0.05, 0) is 35.6 Å². The number of hydrogen-bond acceptors (Lipinski definition) is 4. The van der Waals surface area contributed by atoms with E-state index in [0.717, 1.165) is 22.8 Å². The van der Waals surface area contributed by atoms with Crippen LogP contribution >= 0.6 is 0 Å². The molecule has 144 valence electrons. The fraction of sp³-hybridized carbons (Fsp3) is 0.182. The van der Waals surface area contributed by atoms with Crippen molar-refractivity contribution < 1.29 is 19.1 Å². The number of carbonyl (C=O) groups is 2. The molecule has 0 atom stereocenters. The zero-order valence-corrected chi connectivity index (χ0v) is 15.6. The van der Waals surface area contributed by atoms with Gasteiger partial charge < -0.3 is 9.47 Å². The minimum absolute atomic E-state index is 0.197. The quantitative estimate of drug-likeness (QED) is 0.620. The highest BCUT2D eigenvalue weighted by Gasteiger charge is 2.08. The molecule has 0 bridgehead atoms. The van der Waals surface area contributed by atoms with Crippen molar-refractivity contribution in [3.05, 3.63) is 72.3 Å². The Balaban J connectivity index is 1.43. The Kier molecular flexibility index (Phi) is 6.46. The standard InChI is InChI=1S/C22H22N2O4/c1-2-16-7-5-10-18(13-16)27-14-21(25)23-24-22(26)15-28-20-12-6-9-17-8-3-4-11-19(17)20/h3-13H,2,14-15H2,1H3,(H,23,25)(H,24,26). The van der Waals surface area contributed by atoms with E-state index in [2.05, 4.69) is 10.9 Å². The third-order valence-corrected chi connectivity index (χ3v) is 4.13. The molecular weight excluding hydrogens is 356 g/mol. The third kappa shape index (κ3) is 5.23. The van der Waals surface area contributed by atoms with Crippen LogP contribution in [-0.2, 0) is 16.0 Å². The van der Waals surface area contributed by atoms with Gasteiger partial charge >= 0.3 is 0 Å². The second-order valence-electron chi connectivity index (χ2n) is 6.15. The fourth-order valence-electron chi connectivity index (χ4n) is 2.68. The van der Waals surface area contributed by atoms with E-state index in [9.17, 15) is 9.59 Å². The van der Waals surface area contributed by atoms with Crippen molar-refractivity contribution in [2.75, 3.05) is 13.2 Å². The maximum absolute atomic E-state index is 11.9. The lowest BCUT2D eigenvalue weighted by atomic mass is 10.1. The summed E-state index contributed by atoms with van der Waals surface area (Å²) < 4.78 is 11.0. The van der Waals surface area contributed by atoms with E-state index in [1.165, 1.54) is 0 Å². The van der Waals surface area contributed by atoms with Crippen molar-refractivity contribution >= 4 is 22.6 Å². The molecule has 6 heteroatoms. The summed E-state index contributed by atoms with van der Waals surface area (Å²) in [5.41, 5.74) is 5.75. The van der Waals surface area contributed by atoms with Crippen molar-refractivity contribution in [1.29, 1.82) is 0 Å². The SMILES string of the molecule is CCc1cccc(OCC(=O)NNC(=O)COc2cccc3ccccc23)c1. The molecule has 3 aromatic rings. The van der Waals surface area contributed by atoms with Crippen molar-refractivity contribution in [3.63, 3.8) is 0 Å². The first-order chi connectivity index (χ1) is 13.7. The molecular formula is C22H22N2O4. The molecule has 6 nitrogen and oxygen atoms in total. The summed E-state index contributed by atoms with van der Waals surface area (Å²) in [4.78, 5) is 23.8. The van der Waals surface area contributed by atoms with Gasteiger partial charge in [-0.25, -0.2) is 0 Å².